The van der Waals surface area contributed by atoms with Crippen molar-refractivity contribution >= 4 is 23.9 Å². The average Bonchev–Trinajstić information content (AvgIpc) is 3.12. The molecule has 1 aliphatic rings. The number of alkyl carbamates (subject to hydrolysis) is 1. The SMILES string of the molecule is C=CC[C@H](CC(=O)N1Cc2ccccc2C[C@H]1CO)C(=O)N[C@H](COC(=O)[C@@H](CC=C)NC(=O)OCc1ccccc1)Cc1ccccc1. The number of aliphatic hydroxyl groups excluding tert-OH is 1. The molecule has 0 fully saturated rings. The maximum atomic E-state index is 13.7. The van der Waals surface area contributed by atoms with Crippen LogP contribution < -0.4 is 10.6 Å². The van der Waals surface area contributed by atoms with Gasteiger partial charge < -0.3 is 30.1 Å². The van der Waals surface area contributed by atoms with E-state index in [1.807, 2.05) is 84.9 Å². The standard InChI is InChI=1S/C39H45N3O7/c1-3-13-31(23-36(44)42-24-32-20-12-11-19-30(32)22-34(42)25-43)37(45)40-33(21-28-15-7-5-8-16-28)27-48-38(46)35(14-4-2)41-39(47)49-26-29-17-9-6-10-18-29/h3-12,15-20,31,33-35,43H,1-2,13-14,21-27H2,(H,40,45)(H,41,47)/t31-,33+,34+,35-/m1/s1. The van der Waals surface area contributed by atoms with Crippen molar-refractivity contribution in [3.05, 3.63) is 132 Å². The van der Waals surface area contributed by atoms with E-state index in [0.29, 0.717) is 19.4 Å². The van der Waals surface area contributed by atoms with Crippen LogP contribution in [0.5, 0.6) is 0 Å². The largest absolute Gasteiger partial charge is 0.462 e. The van der Waals surface area contributed by atoms with Crippen molar-refractivity contribution in [2.45, 2.75) is 63.4 Å². The molecule has 3 aromatic carbocycles. The van der Waals surface area contributed by atoms with Crippen LogP contribution in [-0.2, 0) is 49.9 Å². The molecule has 0 aromatic heterocycles. The van der Waals surface area contributed by atoms with Gasteiger partial charge in [-0.1, -0.05) is 97.1 Å². The fraction of sp³-hybridized carbons (Fsp3) is 0.333. The van der Waals surface area contributed by atoms with Crippen LogP contribution >= 0.6 is 0 Å². The first kappa shape index (κ1) is 36.6. The highest BCUT2D eigenvalue weighted by molar-refractivity contribution is 5.86. The molecule has 1 aliphatic heterocycles. The summed E-state index contributed by atoms with van der Waals surface area (Å²) in [5.74, 6) is -2.06. The Morgan fingerprint density at radius 3 is 2.12 bits per heavy atom. The van der Waals surface area contributed by atoms with Crippen LogP contribution in [0.15, 0.2) is 110 Å². The molecular weight excluding hydrogens is 622 g/mol. The minimum Gasteiger partial charge on any atom is -0.462 e. The van der Waals surface area contributed by atoms with E-state index in [9.17, 15) is 24.3 Å². The molecule has 0 bridgehead atoms. The smallest absolute Gasteiger partial charge is 0.408 e. The summed E-state index contributed by atoms with van der Waals surface area (Å²) in [6, 6.07) is 24.3. The minimum atomic E-state index is -1.05. The molecule has 0 unspecified atom stereocenters. The summed E-state index contributed by atoms with van der Waals surface area (Å²) in [6.45, 7) is 7.50. The van der Waals surface area contributed by atoms with Gasteiger partial charge in [-0.25, -0.2) is 9.59 Å². The Bertz CT molecular complexity index is 1560. The molecule has 4 atom stereocenters. The molecule has 258 valence electrons. The Hall–Kier alpha value is -5.22. The van der Waals surface area contributed by atoms with Crippen LogP contribution in [0.1, 0.15) is 41.5 Å². The first-order chi connectivity index (χ1) is 23.8. The van der Waals surface area contributed by atoms with Gasteiger partial charge in [-0.15, -0.1) is 13.2 Å². The summed E-state index contributed by atoms with van der Waals surface area (Å²) >= 11 is 0. The molecule has 10 heteroatoms. The fourth-order valence-corrected chi connectivity index (χ4v) is 5.80. The number of aliphatic hydroxyl groups is 1. The number of amides is 3. The van der Waals surface area contributed by atoms with Gasteiger partial charge in [0.05, 0.1) is 24.6 Å². The number of hydrogen-bond donors (Lipinski definition) is 3. The van der Waals surface area contributed by atoms with Crippen LogP contribution in [0.2, 0.25) is 0 Å². The number of allylic oxidation sites excluding steroid dienone is 1. The summed E-state index contributed by atoms with van der Waals surface area (Å²) in [7, 11) is 0. The Kier molecular flexibility index (Phi) is 14.2. The topological polar surface area (TPSA) is 134 Å². The van der Waals surface area contributed by atoms with Crippen molar-refractivity contribution in [2.24, 2.45) is 5.92 Å². The van der Waals surface area contributed by atoms with E-state index in [1.165, 1.54) is 6.08 Å². The van der Waals surface area contributed by atoms with E-state index < -0.39 is 30.1 Å². The lowest BCUT2D eigenvalue weighted by atomic mass is 9.92. The maximum absolute atomic E-state index is 13.7. The normalized spacial score (nSPS) is 15.4. The number of nitrogens with zero attached hydrogens (tertiary/aromatic N) is 1. The van der Waals surface area contributed by atoms with Gasteiger partial charge in [-0.3, -0.25) is 9.59 Å². The van der Waals surface area contributed by atoms with Crippen LogP contribution in [0, 0.1) is 5.92 Å². The zero-order chi connectivity index (χ0) is 35.0. The predicted octanol–water partition coefficient (Wildman–Crippen LogP) is 4.66. The first-order valence-corrected chi connectivity index (χ1v) is 16.5. The van der Waals surface area contributed by atoms with E-state index >= 15 is 0 Å². The number of hydrogen-bond acceptors (Lipinski definition) is 7. The van der Waals surface area contributed by atoms with E-state index in [1.54, 1.807) is 11.0 Å². The van der Waals surface area contributed by atoms with Crippen molar-refractivity contribution in [2.75, 3.05) is 13.2 Å². The molecule has 0 aliphatic carbocycles. The molecular formula is C39H45N3O7. The maximum Gasteiger partial charge on any atom is 0.408 e. The van der Waals surface area contributed by atoms with E-state index in [2.05, 4.69) is 23.8 Å². The number of benzene rings is 3. The lowest BCUT2D eigenvalue weighted by molar-refractivity contribution is -0.147. The lowest BCUT2D eigenvalue weighted by Crippen LogP contribution is -2.49. The third kappa shape index (κ3) is 11.2. The zero-order valence-corrected chi connectivity index (χ0v) is 27.7. The lowest BCUT2D eigenvalue weighted by Gasteiger charge is -2.36. The Morgan fingerprint density at radius 2 is 1.47 bits per heavy atom. The van der Waals surface area contributed by atoms with Crippen molar-refractivity contribution in [1.29, 1.82) is 0 Å². The average molecular weight is 668 g/mol. The Morgan fingerprint density at radius 1 is 0.837 bits per heavy atom. The summed E-state index contributed by atoms with van der Waals surface area (Å²) in [5.41, 5.74) is 3.82. The van der Waals surface area contributed by atoms with E-state index in [4.69, 9.17) is 9.47 Å². The highest BCUT2D eigenvalue weighted by Crippen LogP contribution is 2.25. The zero-order valence-electron chi connectivity index (χ0n) is 27.7. The molecule has 0 spiro atoms. The molecule has 3 amide bonds. The van der Waals surface area contributed by atoms with E-state index in [-0.39, 0.29) is 56.9 Å². The van der Waals surface area contributed by atoms with Crippen molar-refractivity contribution in [1.82, 2.24) is 15.5 Å². The van der Waals surface area contributed by atoms with Gasteiger partial charge in [0.25, 0.3) is 0 Å². The third-order valence-electron chi connectivity index (χ3n) is 8.42. The number of esters is 1. The van der Waals surface area contributed by atoms with Crippen molar-refractivity contribution in [3.63, 3.8) is 0 Å². The molecule has 0 saturated carbocycles. The molecule has 3 aromatic rings. The van der Waals surface area contributed by atoms with Crippen LogP contribution in [0.3, 0.4) is 0 Å². The van der Waals surface area contributed by atoms with Crippen LogP contribution in [0.4, 0.5) is 4.79 Å². The minimum absolute atomic E-state index is 0.0355. The molecule has 0 saturated heterocycles. The first-order valence-electron chi connectivity index (χ1n) is 16.5. The quantitative estimate of drug-likeness (QED) is 0.141. The van der Waals surface area contributed by atoms with Crippen LogP contribution in [-0.4, -0.2) is 65.2 Å². The number of ether oxygens (including phenoxy) is 2. The Labute approximate surface area is 287 Å². The van der Waals surface area contributed by atoms with Gasteiger partial charge in [0, 0.05) is 13.0 Å². The number of rotatable bonds is 17. The Balaban J connectivity index is 1.40. The second kappa shape index (κ2) is 18.9. The monoisotopic (exact) mass is 667 g/mol. The second-order valence-electron chi connectivity index (χ2n) is 12.1. The van der Waals surface area contributed by atoms with E-state index in [0.717, 1.165) is 22.3 Å². The summed E-state index contributed by atoms with van der Waals surface area (Å²) < 4.78 is 10.9. The van der Waals surface area contributed by atoms with Gasteiger partial charge in [0.2, 0.25) is 11.8 Å². The number of fused-ring (bicyclic) bond motifs is 1. The summed E-state index contributed by atoms with van der Waals surface area (Å²) in [5, 5.41) is 15.6. The van der Waals surface area contributed by atoms with Gasteiger partial charge in [-0.05, 0) is 47.9 Å². The third-order valence-corrected chi connectivity index (χ3v) is 8.42. The van der Waals surface area contributed by atoms with Gasteiger partial charge in [0.1, 0.15) is 19.3 Å². The number of carbonyl (C=O) groups excluding carboxylic acids is 4. The molecule has 49 heavy (non-hydrogen) atoms. The van der Waals surface area contributed by atoms with Crippen molar-refractivity contribution in [3.8, 4) is 0 Å². The molecule has 10 nitrogen and oxygen atoms in total. The molecule has 1 heterocycles. The highest BCUT2D eigenvalue weighted by atomic mass is 16.6. The van der Waals surface area contributed by atoms with Crippen molar-refractivity contribution < 1.29 is 33.8 Å². The fourth-order valence-electron chi connectivity index (χ4n) is 5.80. The second-order valence-corrected chi connectivity index (χ2v) is 12.1. The highest BCUT2D eigenvalue weighted by Gasteiger charge is 2.32. The number of nitrogens with one attached hydrogen (secondary N) is 2. The number of carbonyl (C=O) groups is 4. The predicted molar refractivity (Wildman–Crippen MR) is 186 cm³/mol. The summed E-state index contributed by atoms with van der Waals surface area (Å²) in [4.78, 5) is 54.6. The molecule has 0 radical (unpaired) electrons. The molecule has 4 rings (SSSR count). The van der Waals surface area contributed by atoms with Crippen LogP contribution in [0.25, 0.3) is 0 Å². The van der Waals surface area contributed by atoms with Gasteiger partial charge >= 0.3 is 12.1 Å². The van der Waals surface area contributed by atoms with Gasteiger partial charge in [0.15, 0.2) is 0 Å². The molecule has 3 N–H and O–H groups in total. The van der Waals surface area contributed by atoms with Gasteiger partial charge in [-0.2, -0.15) is 0 Å². The summed E-state index contributed by atoms with van der Waals surface area (Å²) in [6.07, 6.45) is 3.47.